The van der Waals surface area contributed by atoms with Crippen molar-refractivity contribution in [3.05, 3.63) is 18.0 Å². The minimum absolute atomic E-state index is 0.499. The Labute approximate surface area is 102 Å². The molecule has 5 heteroatoms. The van der Waals surface area contributed by atoms with E-state index in [4.69, 9.17) is 0 Å². The summed E-state index contributed by atoms with van der Waals surface area (Å²) in [6, 6.07) is 0.499. The molecule has 5 nitrogen and oxygen atoms in total. The van der Waals surface area contributed by atoms with E-state index in [-0.39, 0.29) is 0 Å². The molecule has 1 atom stereocenters. The van der Waals surface area contributed by atoms with Crippen molar-refractivity contribution in [2.45, 2.75) is 18.4 Å². The fraction of sp³-hybridized carbons (Fsp3) is 0.667. The van der Waals surface area contributed by atoms with Gasteiger partial charge in [0.15, 0.2) is 0 Å². The van der Waals surface area contributed by atoms with E-state index in [0.717, 1.165) is 25.6 Å². The summed E-state index contributed by atoms with van der Waals surface area (Å²) in [6.45, 7) is 4.33. The average molecular weight is 233 g/mol. The molecule has 0 bridgehead atoms. The van der Waals surface area contributed by atoms with Crippen molar-refractivity contribution < 1.29 is 0 Å². The van der Waals surface area contributed by atoms with Gasteiger partial charge in [0.1, 0.15) is 0 Å². The smallest absolute Gasteiger partial charge is 0.222 e. The van der Waals surface area contributed by atoms with E-state index < -0.39 is 0 Å². The molecule has 0 spiro atoms. The lowest BCUT2D eigenvalue weighted by atomic mass is 10.0. The van der Waals surface area contributed by atoms with Crippen LogP contribution in [0.15, 0.2) is 12.4 Å². The summed E-state index contributed by atoms with van der Waals surface area (Å²) in [5.74, 6) is 1.37. The highest BCUT2D eigenvalue weighted by atomic mass is 15.2. The number of anilines is 1. The van der Waals surface area contributed by atoms with Crippen LogP contribution in [0.5, 0.6) is 0 Å². The molecule has 2 fully saturated rings. The standard InChI is InChI=1S/C12H19N5/c1-17-3-2-9(8-17)10-4-14-12(15-5-10)16-11-6-13-7-11/h4-5,9,11,13H,2-3,6-8H2,1H3,(H,14,15,16). The van der Waals surface area contributed by atoms with E-state index in [1.165, 1.54) is 18.5 Å². The predicted molar refractivity (Wildman–Crippen MR) is 67.2 cm³/mol. The van der Waals surface area contributed by atoms with Gasteiger partial charge in [-0.1, -0.05) is 0 Å². The first-order valence-electron chi connectivity index (χ1n) is 6.29. The number of nitrogens with zero attached hydrogens (tertiary/aromatic N) is 3. The van der Waals surface area contributed by atoms with Crippen LogP contribution in [0.1, 0.15) is 17.9 Å². The van der Waals surface area contributed by atoms with Crippen molar-refractivity contribution in [2.24, 2.45) is 0 Å². The first-order valence-corrected chi connectivity index (χ1v) is 6.29. The second kappa shape index (κ2) is 4.58. The summed E-state index contributed by atoms with van der Waals surface area (Å²) in [6.07, 6.45) is 5.18. The molecule has 1 aromatic rings. The Morgan fingerprint density at radius 1 is 1.35 bits per heavy atom. The van der Waals surface area contributed by atoms with Crippen molar-refractivity contribution in [3.8, 4) is 0 Å². The number of hydrogen-bond acceptors (Lipinski definition) is 5. The average Bonchev–Trinajstić information content (AvgIpc) is 2.71. The maximum atomic E-state index is 4.40. The molecule has 0 amide bonds. The van der Waals surface area contributed by atoms with Crippen LogP contribution in [0, 0.1) is 0 Å². The first-order chi connectivity index (χ1) is 8.31. The van der Waals surface area contributed by atoms with Gasteiger partial charge < -0.3 is 15.5 Å². The minimum atomic E-state index is 0.499. The second-order valence-electron chi connectivity index (χ2n) is 5.09. The monoisotopic (exact) mass is 233 g/mol. The van der Waals surface area contributed by atoms with Gasteiger partial charge in [0, 0.05) is 37.9 Å². The van der Waals surface area contributed by atoms with E-state index in [9.17, 15) is 0 Å². The summed E-state index contributed by atoms with van der Waals surface area (Å²) >= 11 is 0. The van der Waals surface area contributed by atoms with Crippen molar-refractivity contribution >= 4 is 5.95 Å². The van der Waals surface area contributed by atoms with E-state index in [0.29, 0.717) is 12.0 Å². The Balaban J connectivity index is 1.63. The van der Waals surface area contributed by atoms with Crippen LogP contribution < -0.4 is 10.6 Å². The van der Waals surface area contributed by atoms with Crippen LogP contribution in [0.25, 0.3) is 0 Å². The molecule has 3 heterocycles. The SMILES string of the molecule is CN1CCC(c2cnc(NC3CNC3)nc2)C1. The molecule has 17 heavy (non-hydrogen) atoms. The number of aromatic nitrogens is 2. The molecule has 0 aromatic carbocycles. The van der Waals surface area contributed by atoms with E-state index in [1.54, 1.807) is 0 Å². The third kappa shape index (κ3) is 2.40. The molecular formula is C12H19N5. The van der Waals surface area contributed by atoms with E-state index >= 15 is 0 Å². The van der Waals surface area contributed by atoms with Gasteiger partial charge in [-0.05, 0) is 25.6 Å². The Bertz CT molecular complexity index is 373. The van der Waals surface area contributed by atoms with Crippen LogP contribution in [-0.2, 0) is 0 Å². The first kappa shape index (κ1) is 10.9. The molecule has 0 saturated carbocycles. The highest BCUT2D eigenvalue weighted by Gasteiger charge is 2.22. The third-order valence-electron chi connectivity index (χ3n) is 3.65. The zero-order valence-electron chi connectivity index (χ0n) is 10.2. The van der Waals surface area contributed by atoms with Gasteiger partial charge in [0.2, 0.25) is 5.95 Å². The summed E-state index contributed by atoms with van der Waals surface area (Å²) in [5.41, 5.74) is 1.27. The van der Waals surface area contributed by atoms with Crippen molar-refractivity contribution in [2.75, 3.05) is 38.5 Å². The molecular weight excluding hydrogens is 214 g/mol. The van der Waals surface area contributed by atoms with Crippen molar-refractivity contribution in [1.82, 2.24) is 20.2 Å². The largest absolute Gasteiger partial charge is 0.349 e. The van der Waals surface area contributed by atoms with Gasteiger partial charge in [-0.15, -0.1) is 0 Å². The van der Waals surface area contributed by atoms with Gasteiger partial charge in [0.25, 0.3) is 0 Å². The van der Waals surface area contributed by atoms with Gasteiger partial charge in [-0.25, -0.2) is 9.97 Å². The Morgan fingerprint density at radius 3 is 2.65 bits per heavy atom. The van der Waals surface area contributed by atoms with Crippen LogP contribution >= 0.6 is 0 Å². The maximum Gasteiger partial charge on any atom is 0.222 e. The molecule has 2 saturated heterocycles. The Hall–Kier alpha value is -1.20. The summed E-state index contributed by atoms with van der Waals surface area (Å²) in [5, 5.41) is 6.53. The number of rotatable bonds is 3. The lowest BCUT2D eigenvalue weighted by molar-refractivity contribution is 0.411. The van der Waals surface area contributed by atoms with Crippen LogP contribution in [-0.4, -0.2) is 54.1 Å². The highest BCUT2D eigenvalue weighted by molar-refractivity contribution is 5.29. The fourth-order valence-corrected chi connectivity index (χ4v) is 2.40. The molecule has 0 radical (unpaired) electrons. The van der Waals surface area contributed by atoms with E-state index in [2.05, 4.69) is 32.5 Å². The van der Waals surface area contributed by atoms with Gasteiger partial charge in [-0.3, -0.25) is 0 Å². The zero-order valence-corrected chi connectivity index (χ0v) is 10.2. The normalized spacial score (nSPS) is 25.8. The molecule has 2 aliphatic rings. The summed E-state index contributed by atoms with van der Waals surface area (Å²) in [7, 11) is 2.17. The fourth-order valence-electron chi connectivity index (χ4n) is 2.40. The molecule has 1 unspecified atom stereocenters. The number of nitrogens with one attached hydrogen (secondary N) is 2. The molecule has 1 aromatic heterocycles. The maximum absolute atomic E-state index is 4.40. The number of likely N-dealkylation sites (tertiary alicyclic amines) is 1. The quantitative estimate of drug-likeness (QED) is 0.785. The number of likely N-dealkylation sites (N-methyl/N-ethyl adjacent to an activating group) is 1. The lowest BCUT2D eigenvalue weighted by Crippen LogP contribution is -2.51. The third-order valence-corrected chi connectivity index (χ3v) is 3.65. The summed E-state index contributed by atoms with van der Waals surface area (Å²) in [4.78, 5) is 11.2. The van der Waals surface area contributed by atoms with Gasteiger partial charge in [-0.2, -0.15) is 0 Å². The van der Waals surface area contributed by atoms with Gasteiger partial charge in [0.05, 0.1) is 6.04 Å². The Kier molecular flexibility index (Phi) is 2.94. The lowest BCUT2D eigenvalue weighted by Gasteiger charge is -2.27. The Morgan fingerprint density at radius 2 is 2.12 bits per heavy atom. The van der Waals surface area contributed by atoms with Crippen LogP contribution in [0.4, 0.5) is 5.95 Å². The van der Waals surface area contributed by atoms with E-state index in [1.807, 2.05) is 12.4 Å². The topological polar surface area (TPSA) is 53.1 Å². The second-order valence-corrected chi connectivity index (χ2v) is 5.09. The molecule has 2 aliphatic heterocycles. The molecule has 92 valence electrons. The zero-order chi connectivity index (χ0) is 11.7. The summed E-state index contributed by atoms with van der Waals surface area (Å²) < 4.78 is 0. The van der Waals surface area contributed by atoms with Crippen molar-refractivity contribution in [3.63, 3.8) is 0 Å². The van der Waals surface area contributed by atoms with Crippen LogP contribution in [0.3, 0.4) is 0 Å². The minimum Gasteiger partial charge on any atom is -0.349 e. The predicted octanol–water partition coefficient (Wildman–Crippen LogP) is 0.279. The molecule has 2 N–H and O–H groups in total. The molecule has 3 rings (SSSR count). The highest BCUT2D eigenvalue weighted by Crippen LogP contribution is 2.25. The van der Waals surface area contributed by atoms with Crippen LogP contribution in [0.2, 0.25) is 0 Å². The molecule has 0 aliphatic carbocycles. The number of hydrogen-bond donors (Lipinski definition) is 2. The van der Waals surface area contributed by atoms with Gasteiger partial charge >= 0.3 is 0 Å². The van der Waals surface area contributed by atoms with Crippen molar-refractivity contribution in [1.29, 1.82) is 0 Å².